The molecule has 1 N–H and O–H groups in total. The number of nitrogens with zero attached hydrogens (tertiary/aromatic N) is 4. The highest BCUT2D eigenvalue weighted by Crippen LogP contribution is 2.32. The van der Waals surface area contributed by atoms with Crippen LogP contribution in [0.4, 0.5) is 0 Å². The predicted molar refractivity (Wildman–Crippen MR) is 109 cm³/mol. The quantitative estimate of drug-likeness (QED) is 0.629. The minimum absolute atomic E-state index is 0.324. The molecule has 0 aliphatic carbocycles. The second-order valence-electron chi connectivity index (χ2n) is 7.04. The third-order valence-corrected chi connectivity index (χ3v) is 5.15. The summed E-state index contributed by atoms with van der Waals surface area (Å²) in [5, 5.41) is 3.48. The maximum absolute atomic E-state index is 5.48. The summed E-state index contributed by atoms with van der Waals surface area (Å²) in [5.41, 5.74) is 2.50. The zero-order chi connectivity index (χ0) is 19.2. The molecule has 0 saturated carbocycles. The van der Waals surface area contributed by atoms with Crippen LogP contribution in [-0.4, -0.2) is 67.3 Å². The Hall–Kier alpha value is -2.80. The Morgan fingerprint density at radius 1 is 1.11 bits per heavy atom. The third kappa shape index (κ3) is 4.54. The average molecular weight is 381 g/mol. The van der Waals surface area contributed by atoms with Crippen LogP contribution in [0.3, 0.4) is 0 Å². The first-order valence-corrected chi connectivity index (χ1v) is 9.77. The molecule has 0 atom stereocenters. The summed E-state index contributed by atoms with van der Waals surface area (Å²) in [6, 6.07) is 10.3. The van der Waals surface area contributed by atoms with Gasteiger partial charge in [0.1, 0.15) is 0 Å². The minimum atomic E-state index is 0.324. The molecule has 2 aromatic rings. The van der Waals surface area contributed by atoms with Crippen molar-refractivity contribution in [2.24, 2.45) is 4.99 Å². The van der Waals surface area contributed by atoms with Crippen molar-refractivity contribution in [3.63, 3.8) is 0 Å². The van der Waals surface area contributed by atoms with Gasteiger partial charge in [0, 0.05) is 58.7 Å². The molecule has 1 fully saturated rings. The van der Waals surface area contributed by atoms with Crippen LogP contribution >= 0.6 is 0 Å². The fourth-order valence-corrected chi connectivity index (χ4v) is 3.61. The number of guanidine groups is 1. The van der Waals surface area contributed by atoms with E-state index < -0.39 is 0 Å². The van der Waals surface area contributed by atoms with Crippen LogP contribution in [0.25, 0.3) is 0 Å². The van der Waals surface area contributed by atoms with E-state index in [2.05, 4.69) is 43.3 Å². The lowest BCUT2D eigenvalue weighted by molar-refractivity contribution is 0.171. The predicted octanol–water partition coefficient (Wildman–Crippen LogP) is 1.75. The Balaban J connectivity index is 1.23. The minimum Gasteiger partial charge on any atom is -0.454 e. The number of fused-ring (bicyclic) bond motifs is 1. The summed E-state index contributed by atoms with van der Waals surface area (Å²) < 4.78 is 10.9. The van der Waals surface area contributed by atoms with Crippen LogP contribution in [-0.2, 0) is 13.0 Å². The van der Waals surface area contributed by atoms with Crippen molar-refractivity contribution in [2.45, 2.75) is 13.0 Å². The molecular weight excluding hydrogens is 354 g/mol. The summed E-state index contributed by atoms with van der Waals surface area (Å²) in [4.78, 5) is 13.4. The summed E-state index contributed by atoms with van der Waals surface area (Å²) >= 11 is 0. The molecule has 0 amide bonds. The highest BCUT2D eigenvalue weighted by atomic mass is 16.7. The van der Waals surface area contributed by atoms with Gasteiger partial charge < -0.3 is 19.7 Å². The molecule has 0 spiro atoms. The lowest BCUT2D eigenvalue weighted by atomic mass is 10.1. The largest absolute Gasteiger partial charge is 0.454 e. The van der Waals surface area contributed by atoms with E-state index in [9.17, 15) is 0 Å². The van der Waals surface area contributed by atoms with Gasteiger partial charge in [-0.1, -0.05) is 12.1 Å². The maximum atomic E-state index is 5.48. The van der Waals surface area contributed by atoms with Gasteiger partial charge in [0.05, 0.1) is 0 Å². The van der Waals surface area contributed by atoms with Crippen LogP contribution in [0.2, 0.25) is 0 Å². The molecule has 0 unspecified atom stereocenters. The van der Waals surface area contributed by atoms with Crippen molar-refractivity contribution >= 4 is 5.96 Å². The van der Waals surface area contributed by atoms with Gasteiger partial charge in [0.2, 0.25) is 6.79 Å². The lowest BCUT2D eigenvalue weighted by Crippen LogP contribution is -2.52. The van der Waals surface area contributed by atoms with Crippen molar-refractivity contribution in [1.82, 2.24) is 20.1 Å². The summed E-state index contributed by atoms with van der Waals surface area (Å²) in [7, 11) is 1.85. The molecule has 1 saturated heterocycles. The van der Waals surface area contributed by atoms with Crippen molar-refractivity contribution in [2.75, 3.05) is 46.6 Å². The van der Waals surface area contributed by atoms with E-state index in [1.807, 2.05) is 25.4 Å². The summed E-state index contributed by atoms with van der Waals surface area (Å²) in [6.07, 6.45) is 4.66. The number of piperazine rings is 1. The molecule has 3 heterocycles. The standard InChI is InChI=1S/C21H27N5O2/c1-22-21(24-8-6-17-3-2-7-23-14-17)26-11-9-25(10-12-26)15-18-4-5-19-20(13-18)28-16-27-19/h2-5,7,13-14H,6,8-12,15-16H2,1H3,(H,22,24). The number of hydrogen-bond acceptors (Lipinski definition) is 5. The fraction of sp³-hybridized carbons (Fsp3) is 0.429. The van der Waals surface area contributed by atoms with Crippen LogP contribution in [0.5, 0.6) is 11.5 Å². The van der Waals surface area contributed by atoms with E-state index in [4.69, 9.17) is 9.47 Å². The second-order valence-corrected chi connectivity index (χ2v) is 7.04. The molecule has 2 aliphatic rings. The van der Waals surface area contributed by atoms with Crippen molar-refractivity contribution in [3.05, 3.63) is 53.9 Å². The van der Waals surface area contributed by atoms with E-state index in [-0.39, 0.29) is 0 Å². The number of nitrogens with one attached hydrogen (secondary N) is 1. The lowest BCUT2D eigenvalue weighted by Gasteiger charge is -2.36. The Bertz CT molecular complexity index is 804. The Kier molecular flexibility index (Phi) is 5.92. The molecule has 7 nitrogen and oxygen atoms in total. The average Bonchev–Trinajstić information content (AvgIpc) is 3.21. The molecular formula is C21H27N5O2. The SMILES string of the molecule is CN=C(NCCc1cccnc1)N1CCN(Cc2ccc3c(c2)OCO3)CC1. The Labute approximate surface area is 166 Å². The third-order valence-electron chi connectivity index (χ3n) is 5.15. The number of aromatic nitrogens is 1. The number of ether oxygens (including phenoxy) is 2. The molecule has 148 valence electrons. The van der Waals surface area contributed by atoms with E-state index in [0.717, 1.165) is 63.1 Å². The van der Waals surface area contributed by atoms with E-state index >= 15 is 0 Å². The van der Waals surface area contributed by atoms with E-state index in [1.165, 1.54) is 11.1 Å². The van der Waals surface area contributed by atoms with E-state index in [1.54, 1.807) is 6.20 Å². The molecule has 4 rings (SSSR count). The first-order valence-electron chi connectivity index (χ1n) is 9.77. The monoisotopic (exact) mass is 381 g/mol. The van der Waals surface area contributed by atoms with Crippen LogP contribution < -0.4 is 14.8 Å². The van der Waals surface area contributed by atoms with Crippen LogP contribution in [0.15, 0.2) is 47.7 Å². The topological polar surface area (TPSA) is 62.2 Å². The van der Waals surface area contributed by atoms with Gasteiger partial charge in [0.15, 0.2) is 17.5 Å². The van der Waals surface area contributed by atoms with Gasteiger partial charge in [-0.3, -0.25) is 14.9 Å². The number of hydrogen-bond donors (Lipinski definition) is 1. The number of aliphatic imine (C=N–C) groups is 1. The first-order chi connectivity index (χ1) is 13.8. The van der Waals surface area contributed by atoms with Crippen LogP contribution in [0.1, 0.15) is 11.1 Å². The number of pyridine rings is 1. The smallest absolute Gasteiger partial charge is 0.231 e. The fourth-order valence-electron chi connectivity index (χ4n) is 3.61. The molecule has 28 heavy (non-hydrogen) atoms. The van der Waals surface area contributed by atoms with Gasteiger partial charge in [-0.05, 0) is 35.7 Å². The Morgan fingerprint density at radius 2 is 1.96 bits per heavy atom. The first kappa shape index (κ1) is 18.6. The summed E-state index contributed by atoms with van der Waals surface area (Å²) in [5.74, 6) is 2.68. The zero-order valence-electron chi connectivity index (χ0n) is 16.3. The molecule has 1 aromatic heterocycles. The van der Waals surface area contributed by atoms with Gasteiger partial charge in [-0.2, -0.15) is 0 Å². The number of benzene rings is 1. The molecule has 0 bridgehead atoms. The van der Waals surface area contributed by atoms with Crippen molar-refractivity contribution < 1.29 is 9.47 Å². The Morgan fingerprint density at radius 3 is 2.75 bits per heavy atom. The van der Waals surface area contributed by atoms with E-state index in [0.29, 0.717) is 6.79 Å². The van der Waals surface area contributed by atoms with Gasteiger partial charge in [-0.25, -0.2) is 0 Å². The normalized spacial score (nSPS) is 17.0. The van der Waals surface area contributed by atoms with Crippen molar-refractivity contribution in [3.8, 4) is 11.5 Å². The van der Waals surface area contributed by atoms with Crippen molar-refractivity contribution in [1.29, 1.82) is 0 Å². The molecule has 0 radical (unpaired) electrons. The van der Waals surface area contributed by atoms with Crippen LogP contribution in [0, 0.1) is 0 Å². The second kappa shape index (κ2) is 8.93. The maximum Gasteiger partial charge on any atom is 0.231 e. The summed E-state index contributed by atoms with van der Waals surface area (Å²) in [6.45, 7) is 6.07. The van der Waals surface area contributed by atoms with Gasteiger partial charge >= 0.3 is 0 Å². The number of rotatable bonds is 5. The molecule has 1 aromatic carbocycles. The highest BCUT2D eigenvalue weighted by molar-refractivity contribution is 5.80. The van der Waals surface area contributed by atoms with Gasteiger partial charge in [-0.15, -0.1) is 0 Å². The molecule has 2 aliphatic heterocycles. The molecule has 7 heteroatoms. The highest BCUT2D eigenvalue weighted by Gasteiger charge is 2.20. The zero-order valence-corrected chi connectivity index (χ0v) is 16.3. The van der Waals surface area contributed by atoms with Gasteiger partial charge in [0.25, 0.3) is 0 Å².